The lowest BCUT2D eigenvalue weighted by molar-refractivity contribution is -0.122. The Labute approximate surface area is 83.5 Å². The van der Waals surface area contributed by atoms with Gasteiger partial charge < -0.3 is 15.5 Å². The van der Waals surface area contributed by atoms with Gasteiger partial charge in [-0.1, -0.05) is 6.92 Å². The molecule has 0 saturated heterocycles. The molecule has 0 aliphatic rings. The van der Waals surface area contributed by atoms with E-state index >= 15 is 0 Å². The Morgan fingerprint density at radius 1 is 1.64 bits per heavy atom. The number of nitrogens with two attached hydrogens (primary N) is 1. The van der Waals surface area contributed by atoms with Gasteiger partial charge in [-0.2, -0.15) is 0 Å². The third-order valence-corrected chi connectivity index (χ3v) is 2.01. The van der Waals surface area contributed by atoms with E-state index in [9.17, 15) is 4.79 Å². The second-order valence-corrected chi connectivity index (χ2v) is 3.24. The number of furan rings is 1. The number of aryl methyl sites for hydroxylation is 1. The lowest BCUT2D eigenvalue weighted by atomic mass is 10.2. The Morgan fingerprint density at radius 2 is 2.36 bits per heavy atom. The first-order valence-corrected chi connectivity index (χ1v) is 4.72. The van der Waals surface area contributed by atoms with E-state index in [1.54, 1.807) is 0 Å². The summed E-state index contributed by atoms with van der Waals surface area (Å²) in [6.07, 6.45) is 0.642. The van der Waals surface area contributed by atoms with Crippen LogP contribution in [0.1, 0.15) is 24.9 Å². The summed E-state index contributed by atoms with van der Waals surface area (Å²) >= 11 is 0. The maximum atomic E-state index is 11.3. The highest BCUT2D eigenvalue weighted by Gasteiger charge is 2.10. The summed E-state index contributed by atoms with van der Waals surface area (Å²) in [7, 11) is 0. The van der Waals surface area contributed by atoms with Crippen LogP contribution in [-0.2, 0) is 11.3 Å². The maximum Gasteiger partial charge on any atom is 0.237 e. The van der Waals surface area contributed by atoms with Gasteiger partial charge in [-0.05, 0) is 25.5 Å². The highest BCUT2D eigenvalue weighted by molar-refractivity contribution is 5.81. The van der Waals surface area contributed by atoms with E-state index in [1.807, 2.05) is 26.0 Å². The Balaban J connectivity index is 2.37. The molecule has 0 bridgehead atoms. The molecule has 78 valence electrons. The van der Waals surface area contributed by atoms with Crippen LogP contribution < -0.4 is 11.1 Å². The molecule has 1 aromatic rings. The third-order valence-electron chi connectivity index (χ3n) is 2.01. The summed E-state index contributed by atoms with van der Waals surface area (Å²) in [5.41, 5.74) is 5.54. The molecular formula is C10H16N2O2. The molecule has 1 aromatic heterocycles. The molecule has 0 saturated carbocycles. The van der Waals surface area contributed by atoms with E-state index in [-0.39, 0.29) is 5.91 Å². The SMILES string of the molecule is CC[C@H](N)C(=O)NCc1ccc(C)o1. The predicted octanol–water partition coefficient (Wildman–Crippen LogP) is 0.942. The van der Waals surface area contributed by atoms with Crippen molar-refractivity contribution in [2.45, 2.75) is 32.9 Å². The topological polar surface area (TPSA) is 68.3 Å². The second-order valence-electron chi connectivity index (χ2n) is 3.24. The molecule has 1 amide bonds. The van der Waals surface area contributed by atoms with E-state index < -0.39 is 6.04 Å². The average molecular weight is 196 g/mol. The van der Waals surface area contributed by atoms with Crippen LogP contribution in [0.3, 0.4) is 0 Å². The maximum absolute atomic E-state index is 11.3. The first-order chi connectivity index (χ1) is 6.63. The molecule has 4 heteroatoms. The number of carbonyl (C=O) groups excluding carboxylic acids is 1. The van der Waals surface area contributed by atoms with Crippen molar-refractivity contribution in [2.24, 2.45) is 5.73 Å². The first-order valence-electron chi connectivity index (χ1n) is 4.72. The quantitative estimate of drug-likeness (QED) is 0.753. The summed E-state index contributed by atoms with van der Waals surface area (Å²) < 4.78 is 5.29. The van der Waals surface area contributed by atoms with E-state index in [2.05, 4.69) is 5.32 Å². The number of carbonyl (C=O) groups is 1. The van der Waals surface area contributed by atoms with Gasteiger partial charge in [0.05, 0.1) is 12.6 Å². The lowest BCUT2D eigenvalue weighted by Crippen LogP contribution is -2.39. The van der Waals surface area contributed by atoms with Gasteiger partial charge in [0.1, 0.15) is 11.5 Å². The van der Waals surface area contributed by atoms with Crippen LogP contribution in [0, 0.1) is 6.92 Å². The Morgan fingerprint density at radius 3 is 2.86 bits per heavy atom. The molecule has 14 heavy (non-hydrogen) atoms. The van der Waals surface area contributed by atoms with Gasteiger partial charge in [0, 0.05) is 0 Å². The Hall–Kier alpha value is -1.29. The van der Waals surface area contributed by atoms with Crippen molar-refractivity contribution < 1.29 is 9.21 Å². The first kappa shape index (κ1) is 10.8. The minimum Gasteiger partial charge on any atom is -0.465 e. The zero-order valence-corrected chi connectivity index (χ0v) is 8.54. The normalized spacial score (nSPS) is 12.5. The van der Waals surface area contributed by atoms with E-state index in [0.29, 0.717) is 13.0 Å². The van der Waals surface area contributed by atoms with Gasteiger partial charge >= 0.3 is 0 Å². The zero-order chi connectivity index (χ0) is 10.6. The molecule has 0 aromatic carbocycles. The van der Waals surface area contributed by atoms with Crippen LogP contribution in [0.15, 0.2) is 16.5 Å². The van der Waals surface area contributed by atoms with Gasteiger partial charge in [0.2, 0.25) is 5.91 Å². The monoisotopic (exact) mass is 196 g/mol. The molecule has 0 spiro atoms. The molecule has 1 atom stereocenters. The fourth-order valence-corrected chi connectivity index (χ4v) is 1.07. The van der Waals surface area contributed by atoms with Crippen LogP contribution in [0.5, 0.6) is 0 Å². The molecule has 0 radical (unpaired) electrons. The number of amides is 1. The Kier molecular flexibility index (Phi) is 3.71. The fraction of sp³-hybridized carbons (Fsp3) is 0.500. The molecule has 0 aliphatic heterocycles. The zero-order valence-electron chi connectivity index (χ0n) is 8.54. The van der Waals surface area contributed by atoms with Gasteiger partial charge in [0.25, 0.3) is 0 Å². The molecular weight excluding hydrogens is 180 g/mol. The Bertz CT molecular complexity index is 307. The molecule has 1 rings (SSSR count). The second kappa shape index (κ2) is 4.81. The minimum absolute atomic E-state index is 0.137. The molecule has 3 N–H and O–H groups in total. The van der Waals surface area contributed by atoms with Crippen LogP contribution in [0.25, 0.3) is 0 Å². The van der Waals surface area contributed by atoms with Gasteiger partial charge in [-0.15, -0.1) is 0 Å². The number of hydrogen-bond acceptors (Lipinski definition) is 3. The fourth-order valence-electron chi connectivity index (χ4n) is 1.07. The highest BCUT2D eigenvalue weighted by Crippen LogP contribution is 2.05. The highest BCUT2D eigenvalue weighted by atomic mass is 16.3. The number of hydrogen-bond donors (Lipinski definition) is 2. The van der Waals surface area contributed by atoms with Crippen molar-refractivity contribution in [3.05, 3.63) is 23.7 Å². The van der Waals surface area contributed by atoms with Crippen molar-refractivity contribution in [1.29, 1.82) is 0 Å². The van der Waals surface area contributed by atoms with Crippen molar-refractivity contribution >= 4 is 5.91 Å². The van der Waals surface area contributed by atoms with Crippen LogP contribution >= 0.6 is 0 Å². The predicted molar refractivity (Wildman–Crippen MR) is 53.6 cm³/mol. The molecule has 0 unspecified atom stereocenters. The standard InChI is InChI=1S/C10H16N2O2/c1-3-9(11)10(13)12-6-8-5-4-7(2)14-8/h4-5,9H,3,6,11H2,1-2H3,(H,12,13)/t9-/m0/s1. The summed E-state index contributed by atoms with van der Waals surface area (Å²) in [6, 6.07) is 3.28. The molecule has 4 nitrogen and oxygen atoms in total. The van der Waals surface area contributed by atoms with Crippen molar-refractivity contribution in [3.8, 4) is 0 Å². The van der Waals surface area contributed by atoms with E-state index in [0.717, 1.165) is 11.5 Å². The van der Waals surface area contributed by atoms with E-state index in [4.69, 9.17) is 10.2 Å². The smallest absolute Gasteiger partial charge is 0.237 e. The van der Waals surface area contributed by atoms with Gasteiger partial charge in [-0.25, -0.2) is 0 Å². The van der Waals surface area contributed by atoms with Crippen molar-refractivity contribution in [1.82, 2.24) is 5.32 Å². The molecule has 0 fully saturated rings. The summed E-state index contributed by atoms with van der Waals surface area (Å²) in [5, 5.41) is 2.71. The molecule has 1 heterocycles. The van der Waals surface area contributed by atoms with Crippen LogP contribution in [0.2, 0.25) is 0 Å². The number of nitrogens with one attached hydrogen (secondary N) is 1. The number of rotatable bonds is 4. The summed E-state index contributed by atoms with van der Waals surface area (Å²) in [5.74, 6) is 1.45. The van der Waals surface area contributed by atoms with Crippen LogP contribution in [0.4, 0.5) is 0 Å². The van der Waals surface area contributed by atoms with Crippen molar-refractivity contribution in [3.63, 3.8) is 0 Å². The van der Waals surface area contributed by atoms with Gasteiger partial charge in [-0.3, -0.25) is 4.79 Å². The largest absolute Gasteiger partial charge is 0.465 e. The molecule has 0 aliphatic carbocycles. The lowest BCUT2D eigenvalue weighted by Gasteiger charge is -2.08. The summed E-state index contributed by atoms with van der Waals surface area (Å²) in [6.45, 7) is 4.14. The summed E-state index contributed by atoms with van der Waals surface area (Å²) in [4.78, 5) is 11.3. The van der Waals surface area contributed by atoms with E-state index in [1.165, 1.54) is 0 Å². The van der Waals surface area contributed by atoms with Gasteiger partial charge in [0.15, 0.2) is 0 Å². The van der Waals surface area contributed by atoms with Crippen molar-refractivity contribution in [2.75, 3.05) is 0 Å². The van der Waals surface area contributed by atoms with Crippen LogP contribution in [-0.4, -0.2) is 11.9 Å². The average Bonchev–Trinajstić information content (AvgIpc) is 2.59. The third kappa shape index (κ3) is 2.88. The minimum atomic E-state index is -0.425.